The van der Waals surface area contributed by atoms with Crippen LogP contribution in [0, 0.1) is 17.1 Å². The van der Waals surface area contributed by atoms with Crippen molar-refractivity contribution >= 4 is 27.5 Å². The number of anilines is 1. The van der Waals surface area contributed by atoms with E-state index in [2.05, 4.69) is 21.2 Å². The summed E-state index contributed by atoms with van der Waals surface area (Å²) < 4.78 is 14.0. The van der Waals surface area contributed by atoms with Crippen LogP contribution < -0.4 is 11.1 Å². The zero-order valence-corrected chi connectivity index (χ0v) is 11.6. The van der Waals surface area contributed by atoms with Crippen LogP contribution in [0.25, 0.3) is 0 Å². The average molecular weight is 314 g/mol. The molecular weight excluding hydrogens is 301 g/mol. The summed E-state index contributed by atoms with van der Waals surface area (Å²) in [5.41, 5.74) is 4.88. The first-order valence-corrected chi connectivity index (χ1v) is 6.01. The number of hydrogen-bond acceptors (Lipinski definition) is 3. The molecule has 1 rings (SSSR count). The van der Waals surface area contributed by atoms with Gasteiger partial charge in [-0.05, 0) is 41.9 Å². The maximum atomic E-state index is 13.9. The predicted molar refractivity (Wildman–Crippen MR) is 70.3 cm³/mol. The number of hydrogen-bond donors (Lipinski definition) is 2. The number of nitrogens with zero attached hydrogens (tertiary/aromatic N) is 1. The highest BCUT2D eigenvalue weighted by Crippen LogP contribution is 2.29. The first-order valence-electron chi connectivity index (χ1n) is 5.21. The fourth-order valence-electron chi connectivity index (χ4n) is 1.58. The Labute approximate surface area is 113 Å². The van der Waals surface area contributed by atoms with E-state index in [1.54, 1.807) is 13.8 Å². The number of nitriles is 1. The molecule has 0 spiro atoms. The van der Waals surface area contributed by atoms with Gasteiger partial charge in [0.2, 0.25) is 5.91 Å². The molecule has 96 valence electrons. The van der Waals surface area contributed by atoms with Crippen LogP contribution in [-0.4, -0.2) is 11.4 Å². The molecular formula is C12H13BrFN3O. The third-order valence-corrected chi connectivity index (χ3v) is 3.07. The Morgan fingerprint density at radius 1 is 1.61 bits per heavy atom. The summed E-state index contributed by atoms with van der Waals surface area (Å²) in [7, 11) is 0. The molecule has 0 radical (unpaired) electrons. The number of benzene rings is 1. The predicted octanol–water partition coefficient (Wildman–Crippen LogP) is 2.53. The van der Waals surface area contributed by atoms with E-state index in [0.717, 1.165) is 0 Å². The van der Waals surface area contributed by atoms with Crippen molar-refractivity contribution < 1.29 is 9.18 Å². The minimum absolute atomic E-state index is 0.0735. The van der Waals surface area contributed by atoms with Crippen molar-refractivity contribution in [2.75, 3.05) is 5.32 Å². The minimum Gasteiger partial charge on any atom is -0.377 e. The van der Waals surface area contributed by atoms with E-state index in [1.165, 1.54) is 12.1 Å². The summed E-state index contributed by atoms with van der Waals surface area (Å²) in [6.07, 6.45) is 0.0735. The molecule has 4 nitrogen and oxygen atoms in total. The van der Waals surface area contributed by atoms with E-state index in [-0.39, 0.29) is 22.1 Å². The Morgan fingerprint density at radius 3 is 2.72 bits per heavy atom. The molecule has 0 saturated carbocycles. The highest BCUT2D eigenvalue weighted by atomic mass is 79.9. The van der Waals surface area contributed by atoms with Gasteiger partial charge in [0.1, 0.15) is 6.07 Å². The molecule has 1 aromatic carbocycles. The summed E-state index contributed by atoms with van der Waals surface area (Å²) in [6, 6.07) is 4.83. The van der Waals surface area contributed by atoms with Gasteiger partial charge >= 0.3 is 0 Å². The van der Waals surface area contributed by atoms with Gasteiger partial charge in [-0.1, -0.05) is 0 Å². The smallest absolute Gasteiger partial charge is 0.219 e. The molecule has 0 aliphatic carbocycles. The van der Waals surface area contributed by atoms with Crippen molar-refractivity contribution in [1.29, 1.82) is 5.26 Å². The van der Waals surface area contributed by atoms with Gasteiger partial charge in [-0.3, -0.25) is 4.79 Å². The largest absolute Gasteiger partial charge is 0.377 e. The lowest BCUT2D eigenvalue weighted by molar-refractivity contribution is -0.118. The Hall–Kier alpha value is -1.61. The van der Waals surface area contributed by atoms with Gasteiger partial charge in [0.25, 0.3) is 0 Å². The van der Waals surface area contributed by atoms with Crippen LogP contribution in [0.15, 0.2) is 16.6 Å². The molecule has 0 aliphatic heterocycles. The molecule has 1 aromatic rings. The maximum Gasteiger partial charge on any atom is 0.219 e. The molecule has 0 fully saturated rings. The highest BCUT2D eigenvalue weighted by molar-refractivity contribution is 9.10. The molecule has 1 amide bonds. The zero-order valence-electron chi connectivity index (χ0n) is 10.1. The lowest BCUT2D eigenvalue weighted by Crippen LogP contribution is -2.36. The van der Waals surface area contributed by atoms with Crippen LogP contribution >= 0.6 is 15.9 Å². The number of amides is 1. The third kappa shape index (κ3) is 3.44. The SMILES string of the molecule is CC(C)(CC(N)=O)Nc1ccc(C#N)c(Br)c1F. The van der Waals surface area contributed by atoms with Gasteiger partial charge in [-0.15, -0.1) is 0 Å². The lowest BCUT2D eigenvalue weighted by Gasteiger charge is -2.26. The average Bonchev–Trinajstić information content (AvgIpc) is 2.23. The minimum atomic E-state index is -0.666. The van der Waals surface area contributed by atoms with Crippen molar-refractivity contribution in [2.24, 2.45) is 5.73 Å². The molecule has 0 aliphatic rings. The van der Waals surface area contributed by atoms with E-state index in [9.17, 15) is 9.18 Å². The van der Waals surface area contributed by atoms with Crippen LogP contribution in [0.2, 0.25) is 0 Å². The van der Waals surface area contributed by atoms with Gasteiger partial charge in [-0.25, -0.2) is 4.39 Å². The first-order chi connectivity index (χ1) is 8.26. The normalized spacial score (nSPS) is 10.8. The van der Waals surface area contributed by atoms with E-state index in [4.69, 9.17) is 11.0 Å². The monoisotopic (exact) mass is 313 g/mol. The molecule has 0 bridgehead atoms. The Balaban J connectivity index is 3.03. The topological polar surface area (TPSA) is 78.9 Å². The quantitative estimate of drug-likeness (QED) is 0.896. The number of carbonyl (C=O) groups excluding carboxylic acids is 1. The Bertz CT molecular complexity index is 523. The second-order valence-electron chi connectivity index (χ2n) is 4.55. The fraction of sp³-hybridized carbons (Fsp3) is 0.333. The Morgan fingerprint density at radius 2 is 2.22 bits per heavy atom. The van der Waals surface area contributed by atoms with Crippen molar-refractivity contribution in [3.05, 3.63) is 28.0 Å². The third-order valence-electron chi connectivity index (χ3n) is 2.29. The molecule has 0 unspecified atom stereocenters. The van der Waals surface area contributed by atoms with E-state index in [1.807, 2.05) is 6.07 Å². The summed E-state index contributed by atoms with van der Waals surface area (Å²) in [5, 5.41) is 11.7. The van der Waals surface area contributed by atoms with Crippen LogP contribution in [0.3, 0.4) is 0 Å². The van der Waals surface area contributed by atoms with Gasteiger partial charge in [0, 0.05) is 12.0 Å². The lowest BCUT2D eigenvalue weighted by atomic mass is 9.99. The van der Waals surface area contributed by atoms with Gasteiger partial charge in [0.05, 0.1) is 15.7 Å². The van der Waals surface area contributed by atoms with Crippen molar-refractivity contribution in [2.45, 2.75) is 25.8 Å². The number of primary amides is 1. The summed E-state index contributed by atoms with van der Waals surface area (Å²) in [4.78, 5) is 10.9. The van der Waals surface area contributed by atoms with Gasteiger partial charge in [-0.2, -0.15) is 5.26 Å². The second-order valence-corrected chi connectivity index (χ2v) is 5.35. The van der Waals surface area contributed by atoms with Gasteiger partial charge in [0.15, 0.2) is 5.82 Å². The fourth-order valence-corrected chi connectivity index (χ4v) is 2.01. The standard InChI is InChI=1S/C12H13BrFN3O/c1-12(2,5-9(16)18)17-8-4-3-7(6-15)10(13)11(8)14/h3-4,17H,5H2,1-2H3,(H2,16,18). The van der Waals surface area contributed by atoms with E-state index < -0.39 is 17.3 Å². The van der Waals surface area contributed by atoms with Crippen LogP contribution in [0.5, 0.6) is 0 Å². The van der Waals surface area contributed by atoms with Crippen LogP contribution in [0.4, 0.5) is 10.1 Å². The zero-order chi connectivity index (χ0) is 13.9. The number of halogens is 2. The summed E-state index contributed by atoms with van der Waals surface area (Å²) in [5.74, 6) is -1.03. The molecule has 18 heavy (non-hydrogen) atoms. The van der Waals surface area contributed by atoms with Crippen LogP contribution in [-0.2, 0) is 4.79 Å². The van der Waals surface area contributed by atoms with Gasteiger partial charge < -0.3 is 11.1 Å². The summed E-state index contributed by atoms with van der Waals surface area (Å²) >= 11 is 3.02. The first kappa shape index (κ1) is 14.5. The number of nitrogens with one attached hydrogen (secondary N) is 1. The number of nitrogens with two attached hydrogens (primary N) is 1. The van der Waals surface area contributed by atoms with Crippen molar-refractivity contribution in [3.63, 3.8) is 0 Å². The summed E-state index contributed by atoms with van der Waals surface area (Å²) in [6.45, 7) is 3.48. The van der Waals surface area contributed by atoms with Crippen molar-refractivity contribution in [3.8, 4) is 6.07 Å². The molecule has 0 saturated heterocycles. The van der Waals surface area contributed by atoms with Crippen molar-refractivity contribution in [1.82, 2.24) is 0 Å². The second kappa shape index (κ2) is 5.36. The van der Waals surface area contributed by atoms with Crippen LogP contribution in [0.1, 0.15) is 25.8 Å². The maximum absolute atomic E-state index is 13.9. The molecule has 0 atom stereocenters. The molecule has 0 aromatic heterocycles. The van der Waals surface area contributed by atoms with E-state index >= 15 is 0 Å². The number of carbonyl (C=O) groups is 1. The molecule has 0 heterocycles. The number of rotatable bonds is 4. The molecule has 3 N–H and O–H groups in total. The molecule has 6 heteroatoms. The highest BCUT2D eigenvalue weighted by Gasteiger charge is 2.22. The Kier molecular flexibility index (Phi) is 4.30. The van der Waals surface area contributed by atoms with E-state index in [0.29, 0.717) is 0 Å².